The van der Waals surface area contributed by atoms with E-state index in [1.54, 1.807) is 34.9 Å². The molecule has 0 fully saturated rings. The number of nitrogens with zero attached hydrogens (tertiary/aromatic N) is 3. The Kier molecular flexibility index (Phi) is 4.88. The number of fused-ring (bicyclic) bond motifs is 1. The fraction of sp³-hybridized carbons (Fsp3) is 0.278. The molecule has 136 valence electrons. The molecule has 0 aliphatic rings. The number of sulfone groups is 1. The van der Waals surface area contributed by atoms with Crippen LogP contribution in [-0.2, 0) is 14.4 Å². The lowest BCUT2D eigenvalue weighted by atomic mass is 10.2. The standard InChI is InChI=1S/C18H20N4O3S/c1-12(2)10-19-18(23)14-6-9-16-20-21-17(22(16)11-14)13-4-7-15(8-5-13)26(3,24)25/h4-9,11-12H,10H2,1-3H3,(H-,19,23,24,25). The predicted octanol–water partition coefficient (Wildman–Crippen LogP) is 2.40. The van der Waals surface area contributed by atoms with E-state index in [0.717, 1.165) is 6.26 Å². The molecule has 1 unspecified atom stereocenters. The zero-order valence-electron chi connectivity index (χ0n) is 14.8. The summed E-state index contributed by atoms with van der Waals surface area (Å²) in [6, 6.07) is 9.86. The number of carbonyl (C=O) groups is 1. The maximum Gasteiger partial charge on any atom is 0.252 e. The summed E-state index contributed by atoms with van der Waals surface area (Å²) in [4.78, 5) is 12.5. The van der Waals surface area contributed by atoms with Gasteiger partial charge >= 0.3 is 0 Å². The van der Waals surface area contributed by atoms with E-state index in [1.807, 2.05) is 13.8 Å². The Morgan fingerprint density at radius 2 is 1.88 bits per heavy atom. The third kappa shape index (κ3) is 3.81. The van der Waals surface area contributed by atoms with Gasteiger partial charge < -0.3 is 9.87 Å². The first kappa shape index (κ1) is 18.2. The second kappa shape index (κ2) is 6.97. The molecule has 0 spiro atoms. The Labute approximate surface area is 152 Å². The fourth-order valence-electron chi connectivity index (χ4n) is 2.47. The monoisotopic (exact) mass is 372 g/mol. The predicted molar refractivity (Wildman–Crippen MR) is 98.6 cm³/mol. The minimum Gasteiger partial charge on any atom is -0.610 e. The van der Waals surface area contributed by atoms with Crippen molar-refractivity contribution in [3.63, 3.8) is 0 Å². The Morgan fingerprint density at radius 3 is 2.50 bits per heavy atom. The van der Waals surface area contributed by atoms with Gasteiger partial charge in [0.05, 0.1) is 15.8 Å². The molecule has 7 nitrogen and oxygen atoms in total. The minimum absolute atomic E-state index is 0.160. The van der Waals surface area contributed by atoms with Gasteiger partial charge in [-0.2, -0.15) is 0 Å². The third-order valence-electron chi connectivity index (χ3n) is 3.88. The molecule has 3 aromatic rings. The molecule has 2 heterocycles. The average molecular weight is 372 g/mol. The number of amides is 1. The van der Waals surface area contributed by atoms with Crippen molar-refractivity contribution in [1.82, 2.24) is 19.9 Å². The second-order valence-electron chi connectivity index (χ2n) is 6.57. The van der Waals surface area contributed by atoms with Crippen molar-refractivity contribution in [3.05, 3.63) is 48.2 Å². The summed E-state index contributed by atoms with van der Waals surface area (Å²) in [5, 5.41) is 11.1. The summed E-state index contributed by atoms with van der Waals surface area (Å²) >= 11 is 0. The van der Waals surface area contributed by atoms with Crippen molar-refractivity contribution in [2.75, 3.05) is 12.8 Å². The summed E-state index contributed by atoms with van der Waals surface area (Å²) in [6.07, 6.45) is 2.85. The first-order valence-electron chi connectivity index (χ1n) is 8.19. The van der Waals surface area contributed by atoms with Crippen LogP contribution < -0.4 is 5.32 Å². The highest BCUT2D eigenvalue weighted by atomic mass is 32.3. The van der Waals surface area contributed by atoms with Gasteiger partial charge in [-0.25, -0.2) is 0 Å². The van der Waals surface area contributed by atoms with E-state index < -0.39 is 10.2 Å². The Bertz CT molecular complexity index is 989. The molecule has 1 aromatic carbocycles. The van der Waals surface area contributed by atoms with Crippen molar-refractivity contribution in [2.45, 2.75) is 18.7 Å². The lowest BCUT2D eigenvalue weighted by Crippen LogP contribution is -2.27. The molecule has 8 heteroatoms. The number of pyridine rings is 1. The number of carbonyl (C=O) groups excluding carboxylic acids is 1. The molecular formula is C18H20N4O3S. The van der Waals surface area contributed by atoms with Gasteiger partial charge in [0.15, 0.2) is 16.4 Å². The van der Waals surface area contributed by atoms with Crippen LogP contribution in [0.4, 0.5) is 0 Å². The van der Waals surface area contributed by atoms with E-state index in [4.69, 9.17) is 0 Å². The van der Waals surface area contributed by atoms with Gasteiger partial charge in [0, 0.05) is 18.3 Å². The average Bonchev–Trinajstić information content (AvgIpc) is 3.02. The van der Waals surface area contributed by atoms with Gasteiger partial charge in [-0.15, -0.1) is 14.4 Å². The van der Waals surface area contributed by atoms with Gasteiger partial charge in [-0.05, 0) is 42.3 Å². The topological polar surface area (TPSA) is 99.4 Å². The van der Waals surface area contributed by atoms with Gasteiger partial charge in [-0.3, -0.25) is 9.20 Å². The fourth-order valence-corrected chi connectivity index (χ4v) is 3.10. The SMILES string of the molecule is CC(C)CNC(=O)c1ccc2nnc(-c3ccc([S+](C)(=O)[O-])cc3)n2c1. The first-order valence-corrected chi connectivity index (χ1v) is 10.1. The van der Waals surface area contributed by atoms with Crippen LogP contribution in [0.25, 0.3) is 17.0 Å². The van der Waals surface area contributed by atoms with Crippen LogP contribution in [0.3, 0.4) is 0 Å². The number of nitrogens with one attached hydrogen (secondary N) is 1. The highest BCUT2D eigenvalue weighted by Gasteiger charge is 2.15. The quantitative estimate of drug-likeness (QED) is 0.693. The molecule has 2 aromatic heterocycles. The lowest BCUT2D eigenvalue weighted by Gasteiger charge is -2.09. The van der Waals surface area contributed by atoms with Crippen LogP contribution in [0, 0.1) is 5.92 Å². The summed E-state index contributed by atoms with van der Waals surface area (Å²) in [6.45, 7) is 4.65. The van der Waals surface area contributed by atoms with E-state index in [0.29, 0.717) is 35.1 Å². The van der Waals surface area contributed by atoms with Crippen molar-refractivity contribution in [3.8, 4) is 11.4 Å². The van der Waals surface area contributed by atoms with Crippen molar-refractivity contribution < 1.29 is 13.6 Å². The maximum atomic E-state index is 12.3. The van der Waals surface area contributed by atoms with Crippen LogP contribution in [-0.4, -0.2) is 37.9 Å². The maximum absolute atomic E-state index is 12.3. The number of benzene rings is 1. The zero-order chi connectivity index (χ0) is 18.9. The molecule has 1 N–H and O–H groups in total. The highest BCUT2D eigenvalue weighted by molar-refractivity contribution is 7.97. The van der Waals surface area contributed by atoms with E-state index >= 15 is 0 Å². The molecular weight excluding hydrogens is 352 g/mol. The van der Waals surface area contributed by atoms with Crippen molar-refractivity contribution in [2.24, 2.45) is 5.92 Å². The summed E-state index contributed by atoms with van der Waals surface area (Å²) in [7, 11) is -3.26. The first-order chi connectivity index (χ1) is 12.3. The number of rotatable bonds is 5. The second-order valence-corrected chi connectivity index (χ2v) is 8.59. The summed E-state index contributed by atoms with van der Waals surface area (Å²) < 4.78 is 24.9. The van der Waals surface area contributed by atoms with Crippen molar-refractivity contribution >= 4 is 21.8 Å². The molecule has 1 amide bonds. The van der Waals surface area contributed by atoms with Crippen LogP contribution >= 0.6 is 0 Å². The van der Waals surface area contributed by atoms with Gasteiger partial charge in [0.25, 0.3) is 5.91 Å². The van der Waals surface area contributed by atoms with Crippen LogP contribution in [0.5, 0.6) is 0 Å². The van der Waals surface area contributed by atoms with Gasteiger partial charge in [0.1, 0.15) is 6.26 Å². The van der Waals surface area contributed by atoms with Crippen LogP contribution in [0.2, 0.25) is 0 Å². The Balaban J connectivity index is 1.95. The lowest BCUT2D eigenvalue weighted by molar-refractivity contribution is 0.0948. The van der Waals surface area contributed by atoms with Crippen LogP contribution in [0.15, 0.2) is 47.5 Å². The van der Waals surface area contributed by atoms with E-state index in [-0.39, 0.29) is 10.8 Å². The smallest absolute Gasteiger partial charge is 0.252 e. The summed E-state index contributed by atoms with van der Waals surface area (Å²) in [5.74, 6) is 0.743. The van der Waals surface area contributed by atoms with Gasteiger partial charge in [-0.1, -0.05) is 13.8 Å². The van der Waals surface area contributed by atoms with Crippen molar-refractivity contribution in [1.29, 1.82) is 0 Å². The molecule has 26 heavy (non-hydrogen) atoms. The Morgan fingerprint density at radius 1 is 1.19 bits per heavy atom. The molecule has 0 saturated heterocycles. The van der Waals surface area contributed by atoms with Crippen LogP contribution in [0.1, 0.15) is 24.2 Å². The molecule has 0 aliphatic carbocycles. The Hall–Kier alpha value is -2.58. The summed E-state index contributed by atoms with van der Waals surface area (Å²) in [5.41, 5.74) is 1.82. The largest absolute Gasteiger partial charge is 0.610 e. The zero-order valence-corrected chi connectivity index (χ0v) is 15.6. The number of hydrogen-bond acceptors (Lipinski definition) is 5. The molecule has 0 aliphatic heterocycles. The molecule has 0 saturated carbocycles. The molecule has 0 radical (unpaired) electrons. The van der Waals surface area contributed by atoms with E-state index in [9.17, 15) is 13.6 Å². The number of aromatic nitrogens is 3. The third-order valence-corrected chi connectivity index (χ3v) is 5.00. The van der Waals surface area contributed by atoms with Gasteiger partial charge in [0.2, 0.25) is 0 Å². The minimum atomic E-state index is -3.26. The van der Waals surface area contributed by atoms with E-state index in [2.05, 4.69) is 15.5 Å². The molecule has 3 rings (SSSR count). The molecule has 0 bridgehead atoms. The van der Waals surface area contributed by atoms with E-state index in [1.165, 1.54) is 12.1 Å². The highest BCUT2D eigenvalue weighted by Crippen LogP contribution is 2.22. The molecule has 1 atom stereocenters. The normalized spacial score (nSPS) is 13.7. The number of hydrogen-bond donors (Lipinski definition) is 1.